The molecule has 1 unspecified atom stereocenters. The highest BCUT2D eigenvalue weighted by Gasteiger charge is 2.18. The number of benzene rings is 1. The summed E-state index contributed by atoms with van der Waals surface area (Å²) < 4.78 is 37.5. The lowest BCUT2D eigenvalue weighted by Gasteiger charge is -2.22. The number of para-hydroxylation sites is 1. The molecule has 0 bridgehead atoms. The number of carbonyl (C=O) groups excluding carboxylic acids is 1. The quantitative estimate of drug-likeness (QED) is 0.776. The zero-order chi connectivity index (χ0) is 17.7. The third-order valence-corrected chi connectivity index (χ3v) is 5.46. The normalized spacial score (nSPS) is 18.3. The van der Waals surface area contributed by atoms with Crippen molar-refractivity contribution in [2.45, 2.75) is 25.4 Å². The van der Waals surface area contributed by atoms with Crippen LogP contribution in [0.4, 0.5) is 0 Å². The fraction of sp³-hybridized carbons (Fsp3) is 0.471. The molecule has 0 radical (unpaired) electrons. The maximum atomic E-state index is 12.1. The topological polar surface area (TPSA) is 97.6 Å². The van der Waals surface area contributed by atoms with Crippen molar-refractivity contribution >= 4 is 26.9 Å². The Morgan fingerprint density at radius 3 is 2.84 bits per heavy atom. The molecule has 3 rings (SSSR count). The van der Waals surface area contributed by atoms with Crippen LogP contribution in [0.5, 0.6) is 0 Å². The molecule has 136 valence electrons. The number of furan rings is 1. The van der Waals surface area contributed by atoms with Gasteiger partial charge in [-0.3, -0.25) is 4.79 Å². The molecule has 1 aliphatic rings. The Balaban J connectivity index is 1.45. The molecule has 1 saturated heterocycles. The van der Waals surface area contributed by atoms with Crippen LogP contribution in [0, 0.1) is 0 Å². The number of fused-ring (bicyclic) bond motifs is 1. The molecule has 1 aromatic heterocycles. The third kappa shape index (κ3) is 5.04. The summed E-state index contributed by atoms with van der Waals surface area (Å²) in [4.78, 5) is 12.1. The van der Waals surface area contributed by atoms with Crippen molar-refractivity contribution < 1.29 is 22.4 Å². The van der Waals surface area contributed by atoms with E-state index in [0.717, 1.165) is 24.6 Å². The summed E-state index contributed by atoms with van der Waals surface area (Å²) in [5, 5.41) is 3.40. The van der Waals surface area contributed by atoms with E-state index in [2.05, 4.69) is 10.0 Å². The van der Waals surface area contributed by atoms with Crippen molar-refractivity contribution in [1.82, 2.24) is 10.0 Å². The average molecular weight is 366 g/mol. The Hall–Kier alpha value is -1.90. The lowest BCUT2D eigenvalue weighted by molar-refractivity contribution is 0.0200. The Labute approximate surface area is 146 Å². The first-order valence-electron chi connectivity index (χ1n) is 8.39. The van der Waals surface area contributed by atoms with E-state index in [9.17, 15) is 13.2 Å². The molecule has 25 heavy (non-hydrogen) atoms. The first-order chi connectivity index (χ1) is 12.0. The Kier molecular flexibility index (Phi) is 5.72. The van der Waals surface area contributed by atoms with Gasteiger partial charge in [0.1, 0.15) is 5.58 Å². The number of ether oxygens (including phenoxy) is 1. The molecule has 1 atom stereocenters. The maximum Gasteiger partial charge on any atom is 0.287 e. The summed E-state index contributed by atoms with van der Waals surface area (Å²) in [7, 11) is -3.46. The van der Waals surface area contributed by atoms with Gasteiger partial charge in [0.05, 0.1) is 11.9 Å². The Morgan fingerprint density at radius 1 is 1.24 bits per heavy atom. The highest BCUT2D eigenvalue weighted by Crippen LogP contribution is 2.18. The molecule has 7 nitrogen and oxygen atoms in total. The van der Waals surface area contributed by atoms with E-state index in [0.29, 0.717) is 12.2 Å². The summed E-state index contributed by atoms with van der Waals surface area (Å²) in [5.74, 6) is -0.449. The number of hydrogen-bond acceptors (Lipinski definition) is 5. The smallest absolute Gasteiger partial charge is 0.287 e. The minimum absolute atomic E-state index is 0.0107. The predicted octanol–water partition coefficient (Wildman–Crippen LogP) is 1.65. The highest BCUT2D eigenvalue weighted by molar-refractivity contribution is 7.89. The second-order valence-corrected chi connectivity index (χ2v) is 7.99. The van der Waals surface area contributed by atoms with E-state index >= 15 is 0 Å². The molecule has 2 aromatic rings. The van der Waals surface area contributed by atoms with Crippen LogP contribution in [-0.4, -0.2) is 45.9 Å². The summed E-state index contributed by atoms with van der Waals surface area (Å²) in [6.45, 7) is 0.969. The number of hydrogen-bond donors (Lipinski definition) is 2. The molecule has 1 aliphatic heterocycles. The molecular weight excluding hydrogens is 344 g/mol. The molecular formula is C17H22N2O5S. The molecule has 1 aromatic carbocycles. The van der Waals surface area contributed by atoms with Gasteiger partial charge in [-0.05, 0) is 31.4 Å². The van der Waals surface area contributed by atoms with E-state index in [-0.39, 0.29) is 30.7 Å². The molecule has 1 fully saturated rings. The van der Waals surface area contributed by atoms with E-state index in [1.54, 1.807) is 12.1 Å². The highest BCUT2D eigenvalue weighted by atomic mass is 32.2. The van der Waals surface area contributed by atoms with Crippen molar-refractivity contribution in [3.8, 4) is 0 Å². The molecule has 2 N–H and O–H groups in total. The number of amides is 1. The van der Waals surface area contributed by atoms with Crippen molar-refractivity contribution in [2.75, 3.05) is 25.4 Å². The number of sulfonamides is 1. The number of rotatable bonds is 7. The zero-order valence-electron chi connectivity index (χ0n) is 13.9. The van der Waals surface area contributed by atoms with Crippen LogP contribution in [0.25, 0.3) is 11.0 Å². The first kappa shape index (κ1) is 17.9. The minimum Gasteiger partial charge on any atom is -0.451 e. The van der Waals surface area contributed by atoms with Gasteiger partial charge < -0.3 is 14.5 Å². The van der Waals surface area contributed by atoms with Gasteiger partial charge in [0, 0.05) is 25.1 Å². The summed E-state index contributed by atoms with van der Waals surface area (Å²) in [6.07, 6.45) is 2.89. The summed E-state index contributed by atoms with van der Waals surface area (Å²) in [5.41, 5.74) is 0.620. The average Bonchev–Trinajstić information content (AvgIpc) is 3.05. The van der Waals surface area contributed by atoms with Crippen LogP contribution in [-0.2, 0) is 14.8 Å². The van der Waals surface area contributed by atoms with Gasteiger partial charge in [0.25, 0.3) is 5.91 Å². The lowest BCUT2D eigenvalue weighted by atomic mass is 10.1. The largest absolute Gasteiger partial charge is 0.451 e. The number of carbonyl (C=O) groups is 1. The SMILES string of the molecule is O=C(NCCS(=O)(=O)NCC1CCCCO1)c1cc2ccccc2o1. The van der Waals surface area contributed by atoms with Crippen LogP contribution in [0.1, 0.15) is 29.8 Å². The summed E-state index contributed by atoms with van der Waals surface area (Å²) >= 11 is 0. The second kappa shape index (κ2) is 7.99. The van der Waals surface area contributed by atoms with E-state index in [1.165, 1.54) is 0 Å². The van der Waals surface area contributed by atoms with Gasteiger partial charge in [0.15, 0.2) is 5.76 Å². The van der Waals surface area contributed by atoms with Crippen LogP contribution in [0.3, 0.4) is 0 Å². The monoisotopic (exact) mass is 366 g/mol. The van der Waals surface area contributed by atoms with Crippen molar-refractivity contribution in [1.29, 1.82) is 0 Å². The Bertz CT molecular complexity index is 791. The molecule has 8 heteroatoms. The predicted molar refractivity (Wildman–Crippen MR) is 93.9 cm³/mol. The Morgan fingerprint density at radius 2 is 2.08 bits per heavy atom. The van der Waals surface area contributed by atoms with Crippen molar-refractivity contribution in [2.24, 2.45) is 0 Å². The maximum absolute atomic E-state index is 12.1. The molecule has 2 heterocycles. The number of nitrogens with one attached hydrogen (secondary N) is 2. The molecule has 0 saturated carbocycles. The fourth-order valence-corrected chi connectivity index (χ4v) is 3.70. The first-order valence-corrected chi connectivity index (χ1v) is 10.0. The molecule has 1 amide bonds. The van der Waals surface area contributed by atoms with Gasteiger partial charge in [-0.15, -0.1) is 0 Å². The fourth-order valence-electron chi connectivity index (χ4n) is 2.74. The van der Waals surface area contributed by atoms with Crippen LogP contribution in [0.15, 0.2) is 34.7 Å². The van der Waals surface area contributed by atoms with Crippen molar-refractivity contribution in [3.05, 3.63) is 36.1 Å². The van der Waals surface area contributed by atoms with Crippen molar-refractivity contribution in [3.63, 3.8) is 0 Å². The van der Waals surface area contributed by atoms with Crippen LogP contribution < -0.4 is 10.0 Å². The summed E-state index contributed by atoms with van der Waals surface area (Å²) in [6, 6.07) is 8.93. The molecule has 0 spiro atoms. The van der Waals surface area contributed by atoms with E-state index < -0.39 is 15.9 Å². The van der Waals surface area contributed by atoms with Gasteiger partial charge in [0.2, 0.25) is 10.0 Å². The van der Waals surface area contributed by atoms with Gasteiger partial charge in [-0.1, -0.05) is 18.2 Å². The zero-order valence-corrected chi connectivity index (χ0v) is 14.7. The van der Waals surface area contributed by atoms with E-state index in [4.69, 9.17) is 9.15 Å². The van der Waals surface area contributed by atoms with Crippen LogP contribution in [0.2, 0.25) is 0 Å². The van der Waals surface area contributed by atoms with Gasteiger partial charge in [-0.25, -0.2) is 13.1 Å². The van der Waals surface area contributed by atoms with Crippen LogP contribution >= 0.6 is 0 Å². The van der Waals surface area contributed by atoms with E-state index in [1.807, 2.05) is 18.2 Å². The minimum atomic E-state index is -3.46. The molecule has 0 aliphatic carbocycles. The van der Waals surface area contributed by atoms with Gasteiger partial charge in [-0.2, -0.15) is 0 Å². The van der Waals surface area contributed by atoms with Gasteiger partial charge >= 0.3 is 0 Å². The lowest BCUT2D eigenvalue weighted by Crippen LogP contribution is -2.39. The third-order valence-electron chi connectivity index (χ3n) is 4.11. The second-order valence-electron chi connectivity index (χ2n) is 6.06. The standard InChI is InChI=1S/C17H22N2O5S/c20-17(16-11-13-5-1-2-7-15(13)24-16)18-8-10-25(21,22)19-12-14-6-3-4-9-23-14/h1-2,5,7,11,14,19H,3-4,6,8-10,12H2,(H,18,20).